The maximum Gasteiger partial charge on any atom is 0.326 e. The maximum absolute atomic E-state index is 12.9. The highest BCUT2D eigenvalue weighted by molar-refractivity contribution is 5.97. The lowest BCUT2D eigenvalue weighted by Crippen LogP contribution is -2.48. The van der Waals surface area contributed by atoms with Crippen LogP contribution in [-0.4, -0.2) is 139 Å². The normalized spacial score (nSPS) is 15.0. The number of carboxylic acid groups (broad SMARTS) is 5. The van der Waals surface area contributed by atoms with Gasteiger partial charge in [0.05, 0.1) is 6.04 Å². The van der Waals surface area contributed by atoms with Crippen LogP contribution in [0.4, 0.5) is 23.1 Å². The zero-order valence-corrected chi connectivity index (χ0v) is 32.1. The molecule has 4 amide bonds. The molecule has 3 rings (SSSR count). The van der Waals surface area contributed by atoms with Crippen LogP contribution in [0.3, 0.4) is 0 Å². The van der Waals surface area contributed by atoms with E-state index in [9.17, 15) is 63.3 Å². The number of anilines is 4. The van der Waals surface area contributed by atoms with Crippen LogP contribution >= 0.6 is 0 Å². The summed E-state index contributed by atoms with van der Waals surface area (Å²) in [6, 6.07) is -0.565. The van der Waals surface area contributed by atoms with Crippen molar-refractivity contribution < 1.29 is 68.7 Å². The van der Waals surface area contributed by atoms with Crippen molar-refractivity contribution in [2.75, 3.05) is 41.4 Å². The molecule has 1 aliphatic rings. The molecule has 0 bridgehead atoms. The quantitative estimate of drug-likeness (QED) is 0.0532. The van der Waals surface area contributed by atoms with Gasteiger partial charge in [-0.15, -0.1) is 0 Å². The highest BCUT2D eigenvalue weighted by Crippen LogP contribution is 2.25. The number of hydrogen-bond donors (Lipinski definition) is 13. The summed E-state index contributed by atoms with van der Waals surface area (Å²) in [7, 11) is 1.73. The van der Waals surface area contributed by atoms with Crippen LogP contribution < -0.4 is 48.1 Å². The molecule has 1 aliphatic heterocycles. The Hall–Kier alpha value is -7.47. The molecule has 5 atom stereocenters. The Morgan fingerprint density at radius 3 is 1.58 bits per heavy atom. The number of aromatic amines is 1. The molecule has 25 heteroatoms. The first-order chi connectivity index (χ1) is 28.2. The highest BCUT2D eigenvalue weighted by atomic mass is 16.4. The van der Waals surface area contributed by atoms with Crippen LogP contribution in [0.25, 0.3) is 0 Å². The molecular weight excluding hydrogens is 800 g/mol. The Labute approximate surface area is 339 Å². The number of nitrogens with two attached hydrogens (primary N) is 1. The number of nitrogens with zero attached hydrogens (tertiary/aromatic N) is 2. The summed E-state index contributed by atoms with van der Waals surface area (Å²) in [5.74, 6) is -10.7. The smallest absolute Gasteiger partial charge is 0.326 e. The highest BCUT2D eigenvalue weighted by Gasteiger charge is 2.29. The van der Waals surface area contributed by atoms with E-state index in [2.05, 4.69) is 41.9 Å². The van der Waals surface area contributed by atoms with Crippen molar-refractivity contribution in [3.8, 4) is 0 Å². The van der Waals surface area contributed by atoms with Gasteiger partial charge in [-0.25, -0.2) is 19.2 Å². The molecule has 1 aromatic heterocycles. The van der Waals surface area contributed by atoms with Gasteiger partial charge >= 0.3 is 29.8 Å². The van der Waals surface area contributed by atoms with Crippen LogP contribution in [0.2, 0.25) is 0 Å². The number of aliphatic carboxylic acids is 5. The minimum Gasteiger partial charge on any atom is -0.481 e. The molecule has 1 aromatic carbocycles. The summed E-state index contributed by atoms with van der Waals surface area (Å²) in [6.07, 6.45) is -4.20. The molecule has 2 aromatic rings. The molecule has 60 heavy (non-hydrogen) atoms. The molecular formula is C35H46N10O15. The number of likely N-dealkylation sites (N-methyl/N-ethyl adjacent to an activating group) is 1. The fourth-order valence-corrected chi connectivity index (χ4v) is 5.82. The number of carbonyl (C=O) groups excluding carboxylic acids is 4. The van der Waals surface area contributed by atoms with Crippen molar-refractivity contribution in [3.63, 3.8) is 0 Å². The first-order valence-electron chi connectivity index (χ1n) is 18.3. The average Bonchev–Trinajstić information content (AvgIpc) is 3.17. The monoisotopic (exact) mass is 846 g/mol. The van der Waals surface area contributed by atoms with E-state index < -0.39 is 135 Å². The Kier molecular flexibility index (Phi) is 17.1. The van der Waals surface area contributed by atoms with E-state index in [0.29, 0.717) is 30.3 Å². The van der Waals surface area contributed by atoms with Gasteiger partial charge < -0.3 is 68.1 Å². The Balaban J connectivity index is 1.45. The summed E-state index contributed by atoms with van der Waals surface area (Å²) in [5.41, 5.74) is 6.24. The number of nitrogens with one attached hydrogen (secondary N) is 7. The molecule has 1 unspecified atom stereocenters. The topological polar surface area (TPSA) is 402 Å². The zero-order chi connectivity index (χ0) is 44.7. The number of carbonyl (C=O) groups is 9. The van der Waals surface area contributed by atoms with Crippen LogP contribution in [0, 0.1) is 0 Å². The third-order valence-electron chi connectivity index (χ3n) is 9.14. The number of aromatic nitrogens is 2. The van der Waals surface area contributed by atoms with Crippen molar-refractivity contribution in [2.24, 2.45) is 0 Å². The number of hydrogen-bond acceptors (Lipinski definition) is 15. The van der Waals surface area contributed by atoms with Gasteiger partial charge in [0.2, 0.25) is 23.7 Å². The Bertz CT molecular complexity index is 2010. The first-order valence-corrected chi connectivity index (χ1v) is 18.3. The number of benzene rings is 1. The summed E-state index contributed by atoms with van der Waals surface area (Å²) in [5, 5.41) is 61.5. The number of H-pyrrole nitrogens is 1. The first kappa shape index (κ1) is 46.9. The predicted octanol–water partition coefficient (Wildman–Crippen LogP) is -2.21. The van der Waals surface area contributed by atoms with Crippen molar-refractivity contribution in [3.05, 3.63) is 40.2 Å². The lowest BCUT2D eigenvalue weighted by Gasteiger charge is -2.35. The third kappa shape index (κ3) is 14.5. The number of nitrogen functional groups attached to an aromatic ring is 1. The lowest BCUT2D eigenvalue weighted by molar-refractivity contribution is -0.144. The van der Waals surface area contributed by atoms with Crippen molar-refractivity contribution in [1.82, 2.24) is 31.2 Å². The fourth-order valence-electron chi connectivity index (χ4n) is 5.82. The largest absolute Gasteiger partial charge is 0.481 e. The van der Waals surface area contributed by atoms with Gasteiger partial charge in [0.1, 0.15) is 29.9 Å². The van der Waals surface area contributed by atoms with Crippen LogP contribution in [-0.2, 0) is 38.4 Å². The van der Waals surface area contributed by atoms with Crippen LogP contribution in [0.5, 0.6) is 0 Å². The van der Waals surface area contributed by atoms with Gasteiger partial charge in [0, 0.05) is 57.1 Å². The second-order valence-corrected chi connectivity index (χ2v) is 13.5. The molecule has 0 aliphatic carbocycles. The molecule has 25 nitrogen and oxygen atoms in total. The van der Waals surface area contributed by atoms with E-state index in [0.717, 1.165) is 0 Å². The van der Waals surface area contributed by atoms with Gasteiger partial charge in [-0.05, 0) is 49.9 Å². The summed E-state index contributed by atoms with van der Waals surface area (Å²) < 4.78 is 0. The second kappa shape index (κ2) is 21.9. The van der Waals surface area contributed by atoms with Gasteiger partial charge in [0.25, 0.3) is 11.5 Å². The Morgan fingerprint density at radius 2 is 1.15 bits per heavy atom. The predicted molar refractivity (Wildman–Crippen MR) is 207 cm³/mol. The molecule has 0 radical (unpaired) electrons. The second-order valence-electron chi connectivity index (χ2n) is 13.5. The molecule has 0 fully saturated rings. The van der Waals surface area contributed by atoms with E-state index in [-0.39, 0.29) is 17.6 Å². The van der Waals surface area contributed by atoms with Crippen molar-refractivity contribution in [2.45, 2.75) is 81.6 Å². The fraction of sp³-hybridized carbons (Fsp3) is 0.457. The molecule has 0 spiro atoms. The van der Waals surface area contributed by atoms with E-state index in [4.69, 9.17) is 15.9 Å². The summed E-state index contributed by atoms with van der Waals surface area (Å²) in [4.78, 5) is 128. The van der Waals surface area contributed by atoms with E-state index in [1.807, 2.05) is 0 Å². The standard InChI is InChI=1S/C35H46N10O15/c1-45-18(15-38-28-27(45)30(52)44-35(36)43-28)14-37-17-4-2-16(3-5-17)29(51)42-22(34(59)60)8-12-25(48)40-20(32(55)56)6-10-23(46)39-19(31(53)54)7-11-24(47)41-21(33(57)58)9-13-26(49)50/h2-5,18-22,37H,6-15H2,1H3,(H,39,46)(H,40,48)(H,41,47)(H,42,51)(H,49,50)(H,53,54)(H,55,56)(H,57,58)(H,59,60)(H4,36,38,43,44,52)/t18?,19-,20-,21-,22-/m0/s1. The minimum absolute atomic E-state index is 0.0173. The van der Waals surface area contributed by atoms with Crippen LogP contribution in [0.1, 0.15) is 61.7 Å². The number of fused-ring (bicyclic) bond motifs is 1. The van der Waals surface area contributed by atoms with Crippen molar-refractivity contribution in [1.29, 1.82) is 0 Å². The molecule has 0 saturated carbocycles. The molecule has 14 N–H and O–H groups in total. The average molecular weight is 847 g/mol. The third-order valence-corrected chi connectivity index (χ3v) is 9.14. The van der Waals surface area contributed by atoms with E-state index in [1.165, 1.54) is 12.1 Å². The van der Waals surface area contributed by atoms with Gasteiger partial charge in [-0.2, -0.15) is 4.98 Å². The van der Waals surface area contributed by atoms with Crippen LogP contribution in [0.15, 0.2) is 29.1 Å². The lowest BCUT2D eigenvalue weighted by atomic mass is 10.1. The zero-order valence-electron chi connectivity index (χ0n) is 32.1. The van der Waals surface area contributed by atoms with E-state index >= 15 is 0 Å². The molecule has 2 heterocycles. The van der Waals surface area contributed by atoms with Crippen molar-refractivity contribution >= 4 is 76.6 Å². The molecule has 326 valence electrons. The molecule has 0 saturated heterocycles. The number of carboxylic acids is 5. The SMILES string of the molecule is CN1c2c(nc(N)[nH]c2=O)NCC1CNc1ccc(C(=O)N[C@@H](CCC(=O)N[C@@H](CCC(=O)N[C@@H](CCC(=O)N[C@@H](CCC(=O)O)C(=O)O)C(=O)O)C(=O)O)C(=O)O)cc1. The van der Waals surface area contributed by atoms with Gasteiger partial charge in [-0.3, -0.25) is 33.8 Å². The maximum atomic E-state index is 12.9. The van der Waals surface area contributed by atoms with Gasteiger partial charge in [-0.1, -0.05) is 0 Å². The number of rotatable bonds is 24. The minimum atomic E-state index is -1.66. The number of amides is 4. The summed E-state index contributed by atoms with van der Waals surface area (Å²) in [6.45, 7) is 0.821. The van der Waals surface area contributed by atoms with Gasteiger partial charge in [0.15, 0.2) is 5.82 Å². The Morgan fingerprint density at radius 1 is 0.717 bits per heavy atom. The summed E-state index contributed by atoms with van der Waals surface area (Å²) >= 11 is 0. The van der Waals surface area contributed by atoms with E-state index in [1.54, 1.807) is 24.1 Å².